The molecule has 3 aliphatic rings. The molecule has 0 unspecified atom stereocenters. The summed E-state index contributed by atoms with van der Waals surface area (Å²) in [5.41, 5.74) is 0. The molecule has 0 spiro atoms. The van der Waals surface area contributed by atoms with Gasteiger partial charge in [-0.2, -0.15) is 0 Å². The zero-order valence-corrected chi connectivity index (χ0v) is 14.9. The summed E-state index contributed by atoms with van der Waals surface area (Å²) in [6.07, 6.45) is 0. The topological polar surface area (TPSA) is 17.1 Å². The van der Waals surface area contributed by atoms with E-state index < -0.39 is 0 Å². The minimum Gasteiger partial charge on any atom is -0.265 e. The molecule has 4 heterocycles. The van der Waals surface area contributed by atoms with Crippen molar-refractivity contribution in [1.29, 1.82) is 0 Å². The molecule has 0 aromatic carbocycles. The molecule has 9 heteroatoms. The lowest BCUT2D eigenvalue weighted by Gasteiger charge is -2.02. The second kappa shape index (κ2) is 5.18. The van der Waals surface area contributed by atoms with E-state index in [0.29, 0.717) is 0 Å². The van der Waals surface area contributed by atoms with Gasteiger partial charge in [-0.05, 0) is 10.8 Å². The normalized spacial score (nSPS) is 21.8. The van der Waals surface area contributed by atoms with Crippen molar-refractivity contribution in [1.82, 2.24) is 0 Å². The zero-order chi connectivity index (χ0) is 12.1. The van der Waals surface area contributed by atoms with Crippen LogP contribution in [0.2, 0.25) is 0 Å². The highest BCUT2D eigenvalue weighted by molar-refractivity contribution is 8.43. The van der Waals surface area contributed by atoms with E-state index in [1.165, 1.54) is 48.0 Å². The molecule has 18 heavy (non-hydrogen) atoms. The van der Waals surface area contributed by atoms with E-state index in [1.54, 1.807) is 23.5 Å². The SMILES string of the molecule is O=c1sc2c(s1)SC(=C1SC3=C(SC=CS3)S1)S2. The van der Waals surface area contributed by atoms with Crippen LogP contribution in [0.15, 0.2) is 41.0 Å². The quantitative estimate of drug-likeness (QED) is 0.536. The minimum absolute atomic E-state index is 0.212. The van der Waals surface area contributed by atoms with E-state index in [9.17, 15) is 4.79 Å². The second-order valence-corrected chi connectivity index (χ2v) is 12.8. The van der Waals surface area contributed by atoms with Crippen LogP contribution in [0.3, 0.4) is 0 Å². The van der Waals surface area contributed by atoms with Crippen molar-refractivity contribution in [3.8, 4) is 0 Å². The van der Waals surface area contributed by atoms with Gasteiger partial charge in [0.05, 0.1) is 25.4 Å². The van der Waals surface area contributed by atoms with E-state index in [0.717, 1.165) is 0 Å². The molecule has 4 rings (SSSR count). The average Bonchev–Trinajstić information content (AvgIpc) is 2.98. The van der Waals surface area contributed by atoms with Gasteiger partial charge in [0.1, 0.15) is 0 Å². The van der Waals surface area contributed by atoms with Gasteiger partial charge in [-0.3, -0.25) is 4.79 Å². The highest BCUT2D eigenvalue weighted by Crippen LogP contribution is 2.66. The number of rotatable bonds is 0. The summed E-state index contributed by atoms with van der Waals surface area (Å²) in [7, 11) is 0. The summed E-state index contributed by atoms with van der Waals surface area (Å²) in [6.45, 7) is 0. The molecule has 0 saturated heterocycles. The molecule has 0 saturated carbocycles. The van der Waals surface area contributed by atoms with Gasteiger partial charge in [-0.15, -0.1) is 0 Å². The van der Waals surface area contributed by atoms with Crippen LogP contribution in [-0.4, -0.2) is 0 Å². The maximum absolute atomic E-state index is 11.3. The van der Waals surface area contributed by atoms with E-state index in [-0.39, 0.29) is 4.06 Å². The van der Waals surface area contributed by atoms with Gasteiger partial charge in [0.15, 0.2) is 0 Å². The summed E-state index contributed by atoms with van der Waals surface area (Å²) in [4.78, 5) is 11.3. The van der Waals surface area contributed by atoms with Gasteiger partial charge in [-0.1, -0.05) is 93.2 Å². The Morgan fingerprint density at radius 1 is 0.667 bits per heavy atom. The first-order chi connectivity index (χ1) is 8.79. The van der Waals surface area contributed by atoms with Crippen LogP contribution in [0.25, 0.3) is 0 Å². The van der Waals surface area contributed by atoms with Gasteiger partial charge in [-0.25, -0.2) is 0 Å². The van der Waals surface area contributed by atoms with E-state index in [4.69, 9.17) is 0 Å². The first-order valence-electron chi connectivity index (χ1n) is 4.62. The van der Waals surface area contributed by atoms with Crippen molar-refractivity contribution in [3.05, 3.63) is 36.6 Å². The lowest BCUT2D eigenvalue weighted by atomic mass is 11.1. The molecule has 0 N–H and O–H groups in total. The zero-order valence-electron chi connectivity index (χ0n) is 8.33. The highest BCUT2D eigenvalue weighted by Gasteiger charge is 2.30. The molecule has 0 atom stereocenters. The summed E-state index contributed by atoms with van der Waals surface area (Å²) in [5, 5.41) is 4.28. The average molecular weight is 383 g/mol. The molecule has 0 radical (unpaired) electrons. The van der Waals surface area contributed by atoms with Crippen LogP contribution >= 0.6 is 93.2 Å². The first kappa shape index (κ1) is 12.9. The predicted octanol–water partition coefficient (Wildman–Crippen LogP) is 6.05. The van der Waals surface area contributed by atoms with Gasteiger partial charge < -0.3 is 0 Å². The maximum atomic E-state index is 11.3. The van der Waals surface area contributed by atoms with Crippen LogP contribution in [0.5, 0.6) is 0 Å². The van der Waals surface area contributed by atoms with Crippen LogP contribution in [-0.2, 0) is 0 Å². The van der Waals surface area contributed by atoms with Gasteiger partial charge in [0.2, 0.25) is 0 Å². The fraction of sp³-hybridized carbons (Fsp3) is 0. The fourth-order valence-electron chi connectivity index (χ4n) is 1.33. The molecule has 92 valence electrons. The molecular formula is C9H2OS8. The highest BCUT2D eigenvalue weighted by atomic mass is 32.3. The van der Waals surface area contributed by atoms with Crippen LogP contribution in [0.4, 0.5) is 0 Å². The Bertz CT molecular complexity index is 624. The van der Waals surface area contributed by atoms with Crippen molar-refractivity contribution in [2.75, 3.05) is 0 Å². The molecule has 0 bridgehead atoms. The van der Waals surface area contributed by atoms with Crippen molar-refractivity contribution in [2.24, 2.45) is 0 Å². The molecule has 0 amide bonds. The van der Waals surface area contributed by atoms with Crippen LogP contribution in [0, 0.1) is 0 Å². The molecule has 0 aliphatic carbocycles. The predicted molar refractivity (Wildman–Crippen MR) is 93.7 cm³/mol. The largest absolute Gasteiger partial charge is 0.289 e. The van der Waals surface area contributed by atoms with Gasteiger partial charge in [0.25, 0.3) is 4.06 Å². The van der Waals surface area contributed by atoms with Crippen LogP contribution < -0.4 is 4.06 Å². The van der Waals surface area contributed by atoms with Crippen molar-refractivity contribution in [2.45, 2.75) is 8.42 Å². The van der Waals surface area contributed by atoms with E-state index in [1.807, 2.05) is 47.0 Å². The summed E-state index contributed by atoms with van der Waals surface area (Å²) in [5.74, 6) is 0. The lowest BCUT2D eigenvalue weighted by molar-refractivity contribution is 1.56. The molecule has 0 fully saturated rings. The fourth-order valence-corrected chi connectivity index (χ4v) is 12.6. The number of thioether (sulfide) groups is 6. The Morgan fingerprint density at radius 3 is 1.72 bits per heavy atom. The standard InChI is InChI=1S/C9H2OS8/c10-9-17-7-8(18-9)16-6(15-7)5-13-3-4(14-5)12-2-1-11-3/h1-2H. The monoisotopic (exact) mass is 382 g/mol. The van der Waals surface area contributed by atoms with Crippen molar-refractivity contribution < 1.29 is 0 Å². The van der Waals surface area contributed by atoms with E-state index in [2.05, 4.69) is 10.8 Å². The number of hydrogen-bond acceptors (Lipinski definition) is 9. The Labute approximate surface area is 137 Å². The Morgan fingerprint density at radius 2 is 1.17 bits per heavy atom. The van der Waals surface area contributed by atoms with Crippen LogP contribution in [0.1, 0.15) is 0 Å². The Hall–Kier alpha value is 1.17. The Kier molecular flexibility index (Phi) is 3.70. The number of hydrogen-bond donors (Lipinski definition) is 0. The summed E-state index contributed by atoms with van der Waals surface area (Å²) in [6, 6.07) is 0. The molecule has 1 nitrogen and oxygen atoms in total. The molecule has 1 aromatic rings. The van der Waals surface area contributed by atoms with Crippen molar-refractivity contribution in [3.63, 3.8) is 0 Å². The van der Waals surface area contributed by atoms with Gasteiger partial charge >= 0.3 is 0 Å². The molecule has 1 aromatic heterocycles. The lowest BCUT2D eigenvalue weighted by Crippen LogP contribution is -1.75. The first-order valence-corrected chi connectivity index (χ1v) is 11.3. The molecule has 3 aliphatic heterocycles. The third-order valence-corrected chi connectivity index (χ3v) is 12.9. The summed E-state index contributed by atoms with van der Waals surface area (Å²) >= 11 is 13.7. The second-order valence-electron chi connectivity index (χ2n) is 3.09. The third-order valence-electron chi connectivity index (χ3n) is 2.00. The molecular weight excluding hydrogens is 381 g/mol. The summed E-state index contributed by atoms with van der Waals surface area (Å²) < 4.78 is 8.10. The third kappa shape index (κ3) is 2.30. The van der Waals surface area contributed by atoms with Crippen molar-refractivity contribution >= 4 is 93.2 Å². The smallest absolute Gasteiger partial charge is 0.265 e. The maximum Gasteiger partial charge on any atom is 0.289 e. The number of fused-ring (bicyclic) bond motifs is 1. The Balaban J connectivity index is 1.61. The van der Waals surface area contributed by atoms with Gasteiger partial charge in [0, 0.05) is 0 Å². The van der Waals surface area contributed by atoms with E-state index >= 15 is 0 Å². The minimum atomic E-state index is 0.212.